The Labute approximate surface area is 174 Å². The third-order valence-corrected chi connectivity index (χ3v) is 5.53. The number of fused-ring (bicyclic) bond motifs is 1. The summed E-state index contributed by atoms with van der Waals surface area (Å²) in [5.41, 5.74) is 0.692. The van der Waals surface area contributed by atoms with Crippen LogP contribution in [0.5, 0.6) is 11.5 Å². The van der Waals surface area contributed by atoms with E-state index in [0.29, 0.717) is 42.9 Å². The van der Waals surface area contributed by atoms with Crippen molar-refractivity contribution >= 4 is 16.8 Å². The molecule has 6 nitrogen and oxygen atoms in total. The number of aliphatic hydroxyl groups is 1. The number of aliphatic hydroxyl groups excluding tert-OH is 1. The van der Waals surface area contributed by atoms with Crippen molar-refractivity contribution in [1.29, 1.82) is 0 Å². The van der Waals surface area contributed by atoms with Crippen LogP contribution in [0.3, 0.4) is 0 Å². The number of carbonyl (C=O) groups is 1. The Kier molecular flexibility index (Phi) is 5.90. The van der Waals surface area contributed by atoms with Crippen LogP contribution in [0.15, 0.2) is 54.7 Å². The van der Waals surface area contributed by atoms with Gasteiger partial charge in [0.15, 0.2) is 0 Å². The molecular formula is C23H25FN2O4. The van der Waals surface area contributed by atoms with Crippen LogP contribution in [0.4, 0.5) is 4.39 Å². The van der Waals surface area contributed by atoms with Crippen molar-refractivity contribution in [1.82, 2.24) is 9.47 Å². The summed E-state index contributed by atoms with van der Waals surface area (Å²) < 4.78 is 26.5. The molecule has 1 fully saturated rings. The van der Waals surface area contributed by atoms with E-state index >= 15 is 0 Å². The van der Waals surface area contributed by atoms with E-state index in [9.17, 15) is 14.3 Å². The van der Waals surface area contributed by atoms with Gasteiger partial charge in [0.25, 0.3) is 0 Å². The zero-order valence-electron chi connectivity index (χ0n) is 16.8. The molecule has 2 heterocycles. The Morgan fingerprint density at radius 3 is 2.77 bits per heavy atom. The quantitative estimate of drug-likeness (QED) is 0.699. The summed E-state index contributed by atoms with van der Waals surface area (Å²) in [5.74, 6) is 0.915. The number of halogens is 1. The van der Waals surface area contributed by atoms with Crippen LogP contribution in [-0.4, -0.2) is 52.9 Å². The fourth-order valence-electron chi connectivity index (χ4n) is 3.84. The van der Waals surface area contributed by atoms with Gasteiger partial charge >= 0.3 is 0 Å². The van der Waals surface area contributed by atoms with E-state index in [1.807, 2.05) is 24.3 Å². The van der Waals surface area contributed by atoms with Crippen LogP contribution >= 0.6 is 0 Å². The predicted molar refractivity (Wildman–Crippen MR) is 111 cm³/mol. The molecule has 1 amide bonds. The van der Waals surface area contributed by atoms with Gasteiger partial charge in [-0.1, -0.05) is 6.07 Å². The Bertz CT molecular complexity index is 1030. The summed E-state index contributed by atoms with van der Waals surface area (Å²) in [7, 11) is 1.59. The highest BCUT2D eigenvalue weighted by atomic mass is 19.1. The average Bonchev–Trinajstić information content (AvgIpc) is 3.04. The molecule has 7 heteroatoms. The van der Waals surface area contributed by atoms with Gasteiger partial charge < -0.3 is 24.0 Å². The fourth-order valence-corrected chi connectivity index (χ4v) is 3.84. The molecule has 1 aromatic heterocycles. The number of carbonyl (C=O) groups excluding carboxylic acids is 1. The molecule has 30 heavy (non-hydrogen) atoms. The third kappa shape index (κ3) is 4.41. The van der Waals surface area contributed by atoms with Crippen molar-refractivity contribution in [3.05, 3.63) is 60.5 Å². The second-order valence-electron chi connectivity index (χ2n) is 7.51. The SMILES string of the molecule is COc1cccc(O[C@H]2CCN(C(=O)Cn3ccc4ccc(F)cc43)CC[C@@H]2O)c1. The number of aromatic nitrogens is 1. The second-order valence-corrected chi connectivity index (χ2v) is 7.51. The maximum atomic E-state index is 13.6. The lowest BCUT2D eigenvalue weighted by atomic mass is 10.1. The summed E-state index contributed by atoms with van der Waals surface area (Å²) in [6, 6.07) is 13.7. The van der Waals surface area contributed by atoms with Crippen LogP contribution < -0.4 is 9.47 Å². The van der Waals surface area contributed by atoms with Gasteiger partial charge in [-0.25, -0.2) is 4.39 Å². The number of methoxy groups -OCH3 is 1. The smallest absolute Gasteiger partial charge is 0.242 e. The summed E-state index contributed by atoms with van der Waals surface area (Å²) in [5, 5.41) is 11.4. The second kappa shape index (κ2) is 8.75. The maximum Gasteiger partial charge on any atom is 0.242 e. The van der Waals surface area contributed by atoms with E-state index in [0.717, 1.165) is 5.39 Å². The van der Waals surface area contributed by atoms with E-state index in [4.69, 9.17) is 9.47 Å². The first-order valence-corrected chi connectivity index (χ1v) is 10.0. The lowest BCUT2D eigenvalue weighted by Crippen LogP contribution is -2.35. The molecule has 0 unspecified atom stereocenters. The Morgan fingerprint density at radius 1 is 1.13 bits per heavy atom. The molecule has 4 rings (SSSR count). The minimum atomic E-state index is -0.671. The number of ether oxygens (including phenoxy) is 2. The molecule has 1 saturated heterocycles. The Hall–Kier alpha value is -3.06. The molecule has 1 N–H and O–H groups in total. The number of amides is 1. The minimum Gasteiger partial charge on any atom is -0.497 e. The maximum absolute atomic E-state index is 13.6. The van der Waals surface area contributed by atoms with Gasteiger partial charge in [0.1, 0.15) is 30.0 Å². The molecule has 158 valence electrons. The van der Waals surface area contributed by atoms with E-state index in [-0.39, 0.29) is 18.3 Å². The molecule has 2 atom stereocenters. The van der Waals surface area contributed by atoms with E-state index in [1.54, 1.807) is 34.9 Å². The lowest BCUT2D eigenvalue weighted by molar-refractivity contribution is -0.131. The number of rotatable bonds is 5. The van der Waals surface area contributed by atoms with Crippen LogP contribution in [0.2, 0.25) is 0 Å². The largest absolute Gasteiger partial charge is 0.497 e. The highest BCUT2D eigenvalue weighted by Crippen LogP contribution is 2.24. The first-order chi connectivity index (χ1) is 14.5. The van der Waals surface area contributed by atoms with Gasteiger partial charge in [-0.2, -0.15) is 0 Å². The van der Waals surface area contributed by atoms with Gasteiger partial charge in [0, 0.05) is 31.8 Å². The van der Waals surface area contributed by atoms with E-state index in [1.165, 1.54) is 12.1 Å². The van der Waals surface area contributed by atoms with Crippen molar-refractivity contribution < 1.29 is 23.8 Å². The van der Waals surface area contributed by atoms with Crippen LogP contribution in [0.1, 0.15) is 12.8 Å². The van der Waals surface area contributed by atoms with Crippen LogP contribution in [0.25, 0.3) is 10.9 Å². The molecule has 1 aliphatic rings. The molecule has 0 aliphatic carbocycles. The van der Waals surface area contributed by atoms with Gasteiger partial charge in [-0.15, -0.1) is 0 Å². The summed E-state index contributed by atoms with van der Waals surface area (Å²) >= 11 is 0. The molecule has 3 aromatic rings. The lowest BCUT2D eigenvalue weighted by Gasteiger charge is -2.22. The van der Waals surface area contributed by atoms with Gasteiger partial charge in [0.05, 0.1) is 18.7 Å². The first kappa shape index (κ1) is 20.2. The summed E-state index contributed by atoms with van der Waals surface area (Å²) in [6.45, 7) is 1.06. The third-order valence-electron chi connectivity index (χ3n) is 5.53. The normalized spacial score (nSPS) is 19.5. The first-order valence-electron chi connectivity index (χ1n) is 10.0. The average molecular weight is 412 g/mol. The molecule has 0 saturated carbocycles. The fraction of sp³-hybridized carbons (Fsp3) is 0.348. The molecule has 1 aliphatic heterocycles. The van der Waals surface area contributed by atoms with Crippen molar-refractivity contribution in [3.8, 4) is 11.5 Å². The van der Waals surface area contributed by atoms with Crippen molar-refractivity contribution in [2.75, 3.05) is 20.2 Å². The topological polar surface area (TPSA) is 63.9 Å². The van der Waals surface area contributed by atoms with Gasteiger partial charge in [-0.3, -0.25) is 4.79 Å². The number of hydrogen-bond donors (Lipinski definition) is 1. The van der Waals surface area contributed by atoms with Gasteiger partial charge in [-0.05, 0) is 48.2 Å². The minimum absolute atomic E-state index is 0.0639. The van der Waals surface area contributed by atoms with Crippen molar-refractivity contribution in [3.63, 3.8) is 0 Å². The number of nitrogens with zero attached hydrogens (tertiary/aromatic N) is 2. The summed E-state index contributed by atoms with van der Waals surface area (Å²) in [4.78, 5) is 14.6. The molecule has 0 radical (unpaired) electrons. The Balaban J connectivity index is 1.41. The Morgan fingerprint density at radius 2 is 1.93 bits per heavy atom. The van der Waals surface area contributed by atoms with Crippen molar-refractivity contribution in [2.24, 2.45) is 0 Å². The van der Waals surface area contributed by atoms with Crippen LogP contribution in [-0.2, 0) is 11.3 Å². The molecular weight excluding hydrogens is 387 g/mol. The van der Waals surface area contributed by atoms with Crippen molar-refractivity contribution in [2.45, 2.75) is 31.6 Å². The molecule has 0 bridgehead atoms. The number of likely N-dealkylation sites (tertiary alicyclic amines) is 1. The van der Waals surface area contributed by atoms with Gasteiger partial charge in [0.2, 0.25) is 5.91 Å². The molecule has 2 aromatic carbocycles. The standard InChI is InChI=1S/C23H25FN2O4/c1-29-18-3-2-4-19(14-18)30-22-9-12-25(11-8-21(22)27)23(28)15-26-10-7-16-5-6-17(24)13-20(16)26/h2-7,10,13-14,21-22,27H,8-9,11-12,15H2,1H3/t21-,22-/m0/s1. The highest BCUT2D eigenvalue weighted by Gasteiger charge is 2.28. The number of hydrogen-bond acceptors (Lipinski definition) is 4. The monoisotopic (exact) mass is 412 g/mol. The highest BCUT2D eigenvalue weighted by molar-refractivity contribution is 5.83. The zero-order chi connectivity index (χ0) is 21.1. The number of benzene rings is 2. The zero-order valence-corrected chi connectivity index (χ0v) is 16.8. The van der Waals surface area contributed by atoms with Crippen LogP contribution in [0, 0.1) is 5.82 Å². The molecule has 0 spiro atoms. The summed E-state index contributed by atoms with van der Waals surface area (Å²) in [6.07, 6.45) is 1.67. The van der Waals surface area contributed by atoms with E-state index < -0.39 is 12.2 Å². The van der Waals surface area contributed by atoms with E-state index in [2.05, 4.69) is 0 Å². The predicted octanol–water partition coefficient (Wildman–Crippen LogP) is 3.22.